The molecule has 1 atom stereocenters. The van der Waals surface area contributed by atoms with E-state index in [9.17, 15) is 19.1 Å². The van der Waals surface area contributed by atoms with E-state index in [1.165, 1.54) is 10.9 Å². The van der Waals surface area contributed by atoms with Crippen LogP contribution in [0.4, 0.5) is 20.3 Å². The number of aromatic carboxylic acids is 1. The Hall–Kier alpha value is -4.65. The molecule has 4 aromatic rings. The van der Waals surface area contributed by atoms with Crippen LogP contribution in [0.2, 0.25) is 0 Å². The summed E-state index contributed by atoms with van der Waals surface area (Å²) in [4.78, 5) is 36.7. The van der Waals surface area contributed by atoms with E-state index in [1.54, 1.807) is 32.4 Å². The lowest BCUT2D eigenvalue weighted by molar-refractivity contribution is 0.0235. The summed E-state index contributed by atoms with van der Waals surface area (Å²) < 4.78 is 31.6. The second kappa shape index (κ2) is 9.47. The van der Waals surface area contributed by atoms with E-state index in [4.69, 9.17) is 5.73 Å². The van der Waals surface area contributed by atoms with Gasteiger partial charge in [0, 0.05) is 63.4 Å². The number of fused-ring (bicyclic) bond motifs is 2. The quantitative estimate of drug-likeness (QED) is 0.239. The average Bonchev–Trinajstić information content (AvgIpc) is 3.57. The third kappa shape index (κ3) is 3.98. The summed E-state index contributed by atoms with van der Waals surface area (Å²) in [5.74, 6) is -3.24. The molecule has 2 fully saturated rings. The highest BCUT2D eigenvalue weighted by Crippen LogP contribution is 2.44. The number of benzene rings is 1. The molecule has 0 aliphatic carbocycles. The van der Waals surface area contributed by atoms with Crippen LogP contribution in [0.1, 0.15) is 34.3 Å². The maximum atomic E-state index is 15.5. The number of carboxylic acids is 1. The van der Waals surface area contributed by atoms with Crippen molar-refractivity contribution in [3.8, 4) is 0 Å². The van der Waals surface area contributed by atoms with E-state index in [-0.39, 0.29) is 27.8 Å². The summed E-state index contributed by atoms with van der Waals surface area (Å²) in [6.45, 7) is 2.27. The molecule has 0 radical (unpaired) electrons. The van der Waals surface area contributed by atoms with Crippen LogP contribution in [-0.4, -0.2) is 81.8 Å². The number of hydrogen-bond acceptors (Lipinski definition) is 8. The monoisotopic (exact) mass is 564 g/mol. The lowest BCUT2D eigenvalue weighted by Crippen LogP contribution is -2.58. The van der Waals surface area contributed by atoms with Gasteiger partial charge >= 0.3 is 5.97 Å². The molecule has 214 valence electrons. The molecular formula is C28H30F2N8O3. The Morgan fingerprint density at radius 3 is 2.61 bits per heavy atom. The normalized spacial score (nSPS) is 19.3. The van der Waals surface area contributed by atoms with Crippen LogP contribution in [-0.2, 0) is 0 Å². The van der Waals surface area contributed by atoms with Crippen LogP contribution in [0.25, 0.3) is 33.7 Å². The summed E-state index contributed by atoms with van der Waals surface area (Å²) >= 11 is 0. The second-order valence-electron chi connectivity index (χ2n) is 10.6. The lowest BCUT2D eigenvalue weighted by Gasteiger charge is -2.48. The molecular weight excluding hydrogens is 534 g/mol. The maximum Gasteiger partial charge on any atom is 0.341 e. The number of carboxylic acid groups (broad SMARTS) is 1. The van der Waals surface area contributed by atoms with E-state index in [0.717, 1.165) is 25.5 Å². The molecule has 1 aromatic carbocycles. The Labute approximate surface area is 233 Å². The van der Waals surface area contributed by atoms with Crippen molar-refractivity contribution in [2.45, 2.75) is 18.4 Å². The highest BCUT2D eigenvalue weighted by molar-refractivity contribution is 6.06. The van der Waals surface area contributed by atoms with Gasteiger partial charge in [-0.15, -0.1) is 0 Å². The standard InChI is InChI=1S/C28H30F2N8O3/c1-32-18-10-17(29)22(30)21-20(25(31)35-23(18)21)19(37-7-5-28(13-37)4-6-36(28)3)9-14-8-15-24(39)16(27(40)41)12-38(33-2)26(15)34-11-14/h8-12,32-33,35H,4-7,13,31H2,1-3H3,(H,40,41)/b19-9-. The molecule has 0 amide bonds. The number of nitrogens with two attached hydrogens (primary N) is 1. The zero-order valence-corrected chi connectivity index (χ0v) is 22.8. The van der Waals surface area contributed by atoms with Crippen molar-refractivity contribution < 1.29 is 18.7 Å². The summed E-state index contributed by atoms with van der Waals surface area (Å²) in [7, 11) is 5.27. The lowest BCUT2D eigenvalue weighted by atomic mass is 9.84. The first-order valence-corrected chi connectivity index (χ1v) is 13.2. The topological polar surface area (TPSA) is 145 Å². The maximum absolute atomic E-state index is 15.5. The fourth-order valence-corrected chi connectivity index (χ4v) is 6.12. The third-order valence-corrected chi connectivity index (χ3v) is 8.56. The Morgan fingerprint density at radius 2 is 2.00 bits per heavy atom. The first-order valence-electron chi connectivity index (χ1n) is 13.2. The van der Waals surface area contributed by atoms with E-state index in [0.29, 0.717) is 41.1 Å². The molecule has 1 unspecified atom stereocenters. The van der Waals surface area contributed by atoms with Gasteiger partial charge in [0.15, 0.2) is 17.3 Å². The smallest absolute Gasteiger partial charge is 0.341 e. The molecule has 0 saturated carbocycles. The Morgan fingerprint density at radius 1 is 1.24 bits per heavy atom. The first kappa shape index (κ1) is 26.6. The Kier molecular flexibility index (Phi) is 6.14. The highest BCUT2D eigenvalue weighted by atomic mass is 19.2. The van der Waals surface area contributed by atoms with Gasteiger partial charge in [-0.25, -0.2) is 23.2 Å². The van der Waals surface area contributed by atoms with Gasteiger partial charge in [-0.05, 0) is 37.6 Å². The molecule has 2 aliphatic rings. The summed E-state index contributed by atoms with van der Waals surface area (Å²) in [6.07, 6.45) is 6.36. The first-order chi connectivity index (χ1) is 19.6. The van der Waals surface area contributed by atoms with Gasteiger partial charge in [0.1, 0.15) is 11.4 Å². The van der Waals surface area contributed by atoms with Gasteiger partial charge in [0.2, 0.25) is 5.43 Å². The highest BCUT2D eigenvalue weighted by Gasteiger charge is 2.48. The number of halogens is 2. The minimum atomic E-state index is -1.36. The fraction of sp³-hybridized carbons (Fsp3) is 0.321. The van der Waals surface area contributed by atoms with Crippen LogP contribution in [0.15, 0.2) is 29.3 Å². The van der Waals surface area contributed by atoms with Crippen molar-refractivity contribution in [3.05, 3.63) is 63.1 Å². The molecule has 6 N–H and O–H groups in total. The predicted molar refractivity (Wildman–Crippen MR) is 154 cm³/mol. The van der Waals surface area contributed by atoms with Crippen LogP contribution in [0.5, 0.6) is 0 Å². The van der Waals surface area contributed by atoms with Crippen molar-refractivity contribution in [2.75, 3.05) is 57.3 Å². The third-order valence-electron chi connectivity index (χ3n) is 8.56. The van der Waals surface area contributed by atoms with E-state index in [1.807, 2.05) is 0 Å². The van der Waals surface area contributed by atoms with Gasteiger partial charge in [0.05, 0.1) is 27.5 Å². The van der Waals surface area contributed by atoms with Gasteiger partial charge < -0.3 is 31.5 Å². The van der Waals surface area contributed by atoms with Crippen molar-refractivity contribution >= 4 is 51.2 Å². The molecule has 2 aliphatic heterocycles. The van der Waals surface area contributed by atoms with Gasteiger partial charge in [-0.1, -0.05) is 0 Å². The molecule has 3 aromatic heterocycles. The number of aromatic nitrogens is 3. The summed E-state index contributed by atoms with van der Waals surface area (Å²) in [6, 6.07) is 2.63. The largest absolute Gasteiger partial charge is 0.477 e. The molecule has 6 rings (SSSR count). The number of likely N-dealkylation sites (N-methyl/N-ethyl adjacent to an activating group) is 1. The van der Waals surface area contributed by atoms with E-state index < -0.39 is 28.6 Å². The number of nitrogen functional groups attached to an aromatic ring is 1. The summed E-state index contributed by atoms with van der Waals surface area (Å²) in [5, 5.41) is 12.6. The molecule has 5 heterocycles. The molecule has 1 spiro atoms. The fourth-order valence-electron chi connectivity index (χ4n) is 6.12. The number of rotatable bonds is 6. The molecule has 13 heteroatoms. The average molecular weight is 565 g/mol. The summed E-state index contributed by atoms with van der Waals surface area (Å²) in [5.41, 5.74) is 10.4. The van der Waals surface area contributed by atoms with Crippen LogP contribution in [0, 0.1) is 11.6 Å². The van der Waals surface area contributed by atoms with Gasteiger partial charge in [0.25, 0.3) is 0 Å². The number of anilines is 2. The van der Waals surface area contributed by atoms with Crippen molar-refractivity contribution in [1.82, 2.24) is 24.4 Å². The second-order valence-corrected chi connectivity index (χ2v) is 10.6. The zero-order valence-electron chi connectivity index (χ0n) is 22.8. The Balaban J connectivity index is 1.60. The van der Waals surface area contributed by atoms with Gasteiger partial charge in [-0.2, -0.15) is 0 Å². The number of pyridine rings is 2. The van der Waals surface area contributed by atoms with Crippen LogP contribution in [0.3, 0.4) is 0 Å². The molecule has 11 nitrogen and oxygen atoms in total. The zero-order chi connectivity index (χ0) is 29.2. The number of nitrogens with zero attached hydrogens (tertiary/aromatic N) is 4. The van der Waals surface area contributed by atoms with Crippen LogP contribution < -0.4 is 21.9 Å². The SMILES string of the molecule is CNc1cc(F)c(F)c2c(/C(=C/c3cnc4c(c3)c(=O)c(C(=O)O)cn4NC)N3CCC4(CCN4C)C3)c(N)[nH]c12. The number of aromatic amines is 1. The minimum Gasteiger partial charge on any atom is -0.477 e. The number of likely N-dealkylation sites (tertiary alicyclic amines) is 2. The van der Waals surface area contributed by atoms with Crippen molar-refractivity contribution in [2.24, 2.45) is 0 Å². The van der Waals surface area contributed by atoms with E-state index >= 15 is 4.39 Å². The number of carbonyl (C=O) groups is 1. The van der Waals surface area contributed by atoms with Crippen molar-refractivity contribution in [1.29, 1.82) is 0 Å². The molecule has 2 saturated heterocycles. The van der Waals surface area contributed by atoms with E-state index in [2.05, 4.69) is 37.6 Å². The minimum absolute atomic E-state index is 0.0143. The molecule has 0 bridgehead atoms. The number of H-pyrrole nitrogens is 1. The Bertz CT molecular complexity index is 1830. The number of hydrogen-bond donors (Lipinski definition) is 5. The van der Waals surface area contributed by atoms with Gasteiger partial charge in [-0.3, -0.25) is 9.69 Å². The van der Waals surface area contributed by atoms with Crippen LogP contribution >= 0.6 is 0 Å². The predicted octanol–water partition coefficient (Wildman–Crippen LogP) is 2.93. The molecule has 41 heavy (non-hydrogen) atoms. The van der Waals surface area contributed by atoms with Crippen molar-refractivity contribution in [3.63, 3.8) is 0 Å². The number of nitrogens with one attached hydrogen (secondary N) is 3.